The van der Waals surface area contributed by atoms with Crippen LogP contribution in [0.5, 0.6) is 0 Å². The van der Waals surface area contributed by atoms with Gasteiger partial charge in [0.15, 0.2) is 0 Å². The molecule has 0 atom stereocenters. The lowest BCUT2D eigenvalue weighted by Crippen LogP contribution is -2.09. The Hall–Kier alpha value is -1.30. The Kier molecular flexibility index (Phi) is 5.17. The fourth-order valence-electron chi connectivity index (χ4n) is 1.73. The quantitative estimate of drug-likeness (QED) is 0.611. The Balaban J connectivity index is 2.36. The minimum Gasteiger partial charge on any atom is -0.252 e. The SMILES string of the molecule is CC(C)(C)C#CCCCn1cc(CC(C)(C)C)nn1. The summed E-state index contributed by atoms with van der Waals surface area (Å²) in [6.07, 6.45) is 4.98. The molecule has 0 fully saturated rings. The monoisotopic (exact) mass is 261 g/mol. The van der Waals surface area contributed by atoms with Crippen LogP contribution in [-0.2, 0) is 13.0 Å². The molecule has 0 aliphatic carbocycles. The van der Waals surface area contributed by atoms with Crippen LogP contribution in [0.2, 0.25) is 0 Å². The van der Waals surface area contributed by atoms with E-state index in [1.807, 2.05) is 4.68 Å². The maximum atomic E-state index is 4.22. The molecule has 3 heteroatoms. The zero-order valence-electron chi connectivity index (χ0n) is 13.2. The highest BCUT2D eigenvalue weighted by Gasteiger charge is 2.13. The van der Waals surface area contributed by atoms with Gasteiger partial charge in [-0.2, -0.15) is 0 Å². The summed E-state index contributed by atoms with van der Waals surface area (Å²) in [4.78, 5) is 0. The first-order valence-electron chi connectivity index (χ1n) is 7.05. The average molecular weight is 261 g/mol. The Bertz CT molecular complexity index is 447. The zero-order chi connectivity index (χ0) is 14.5. The highest BCUT2D eigenvalue weighted by molar-refractivity contribution is 5.06. The van der Waals surface area contributed by atoms with Crippen LogP contribution in [0, 0.1) is 22.7 Å². The van der Waals surface area contributed by atoms with Crippen molar-refractivity contribution in [1.82, 2.24) is 15.0 Å². The highest BCUT2D eigenvalue weighted by atomic mass is 15.4. The molecule has 0 aliphatic rings. The summed E-state index contributed by atoms with van der Waals surface area (Å²) in [7, 11) is 0. The summed E-state index contributed by atoms with van der Waals surface area (Å²) >= 11 is 0. The number of rotatable bonds is 4. The van der Waals surface area contributed by atoms with E-state index in [1.165, 1.54) is 0 Å². The number of hydrogen-bond donors (Lipinski definition) is 0. The van der Waals surface area contributed by atoms with E-state index < -0.39 is 0 Å². The van der Waals surface area contributed by atoms with Crippen LogP contribution in [0.15, 0.2) is 6.20 Å². The molecule has 3 nitrogen and oxygen atoms in total. The molecule has 0 bridgehead atoms. The van der Waals surface area contributed by atoms with Gasteiger partial charge in [0.2, 0.25) is 0 Å². The van der Waals surface area contributed by atoms with Gasteiger partial charge in [0.05, 0.1) is 5.69 Å². The van der Waals surface area contributed by atoms with Crippen molar-refractivity contribution in [3.8, 4) is 11.8 Å². The van der Waals surface area contributed by atoms with Gasteiger partial charge in [-0.25, -0.2) is 0 Å². The van der Waals surface area contributed by atoms with Gasteiger partial charge in [-0.05, 0) is 39.0 Å². The maximum absolute atomic E-state index is 4.22. The summed E-state index contributed by atoms with van der Waals surface area (Å²) < 4.78 is 1.93. The summed E-state index contributed by atoms with van der Waals surface area (Å²) in [5, 5.41) is 8.38. The van der Waals surface area contributed by atoms with Gasteiger partial charge in [-0.3, -0.25) is 4.68 Å². The molecular weight excluding hydrogens is 234 g/mol. The predicted molar refractivity (Wildman–Crippen MR) is 79.6 cm³/mol. The van der Waals surface area contributed by atoms with Gasteiger partial charge < -0.3 is 0 Å². The van der Waals surface area contributed by atoms with Gasteiger partial charge in [-0.15, -0.1) is 11.0 Å². The lowest BCUT2D eigenvalue weighted by molar-refractivity contribution is 0.406. The lowest BCUT2D eigenvalue weighted by atomic mass is 9.91. The van der Waals surface area contributed by atoms with Crippen molar-refractivity contribution in [2.45, 2.75) is 67.3 Å². The van der Waals surface area contributed by atoms with Crippen molar-refractivity contribution in [1.29, 1.82) is 0 Å². The van der Waals surface area contributed by atoms with Gasteiger partial charge in [0.25, 0.3) is 0 Å². The molecule has 0 saturated heterocycles. The molecule has 0 aliphatic heterocycles. The number of hydrogen-bond acceptors (Lipinski definition) is 2. The van der Waals surface area contributed by atoms with E-state index in [9.17, 15) is 0 Å². The third-order valence-electron chi connectivity index (χ3n) is 2.45. The van der Waals surface area contributed by atoms with Crippen LogP contribution in [0.1, 0.15) is 60.1 Å². The third-order valence-corrected chi connectivity index (χ3v) is 2.45. The molecule has 0 saturated carbocycles. The number of aromatic nitrogens is 3. The number of unbranched alkanes of at least 4 members (excludes halogenated alkanes) is 1. The highest BCUT2D eigenvalue weighted by Crippen LogP contribution is 2.18. The van der Waals surface area contributed by atoms with Crippen molar-refractivity contribution >= 4 is 0 Å². The van der Waals surface area contributed by atoms with E-state index in [-0.39, 0.29) is 10.8 Å². The Morgan fingerprint density at radius 1 is 1.16 bits per heavy atom. The molecule has 0 N–H and O–H groups in total. The van der Waals surface area contributed by atoms with E-state index in [0.717, 1.165) is 31.5 Å². The molecule has 106 valence electrons. The molecular formula is C16H27N3. The fraction of sp³-hybridized carbons (Fsp3) is 0.750. The van der Waals surface area contributed by atoms with Gasteiger partial charge in [-0.1, -0.05) is 31.9 Å². The first-order valence-corrected chi connectivity index (χ1v) is 7.05. The molecule has 0 unspecified atom stereocenters. The Morgan fingerprint density at radius 3 is 2.42 bits per heavy atom. The van der Waals surface area contributed by atoms with E-state index in [1.54, 1.807) is 0 Å². The molecule has 1 aromatic heterocycles. The fourth-order valence-corrected chi connectivity index (χ4v) is 1.73. The number of nitrogens with zero attached hydrogens (tertiary/aromatic N) is 3. The van der Waals surface area contributed by atoms with E-state index in [4.69, 9.17) is 0 Å². The largest absolute Gasteiger partial charge is 0.252 e. The summed E-state index contributed by atoms with van der Waals surface area (Å²) in [5.41, 5.74) is 1.44. The van der Waals surface area contributed by atoms with Gasteiger partial charge in [0.1, 0.15) is 0 Å². The first-order chi connectivity index (χ1) is 8.66. The predicted octanol–water partition coefficient (Wildman–Crippen LogP) is 3.70. The van der Waals surface area contributed by atoms with Crippen LogP contribution < -0.4 is 0 Å². The van der Waals surface area contributed by atoms with Crippen molar-refractivity contribution in [3.05, 3.63) is 11.9 Å². The summed E-state index contributed by atoms with van der Waals surface area (Å²) in [5.74, 6) is 6.48. The molecule has 0 radical (unpaired) electrons. The van der Waals surface area contributed by atoms with Crippen LogP contribution in [-0.4, -0.2) is 15.0 Å². The summed E-state index contributed by atoms with van der Waals surface area (Å²) in [6, 6.07) is 0. The Labute approximate surface area is 117 Å². The van der Waals surface area contributed by atoms with E-state index in [2.05, 4.69) is 69.9 Å². The Morgan fingerprint density at radius 2 is 1.84 bits per heavy atom. The first kappa shape index (κ1) is 15.8. The molecule has 1 aromatic rings. The molecule has 0 aromatic carbocycles. The molecule has 1 rings (SSSR count). The summed E-state index contributed by atoms with van der Waals surface area (Å²) in [6.45, 7) is 14.0. The third kappa shape index (κ3) is 7.66. The normalized spacial score (nSPS) is 12.1. The van der Waals surface area contributed by atoms with E-state index >= 15 is 0 Å². The second kappa shape index (κ2) is 6.23. The van der Waals surface area contributed by atoms with Gasteiger partial charge >= 0.3 is 0 Å². The second-order valence-corrected chi connectivity index (χ2v) is 7.37. The van der Waals surface area contributed by atoms with Crippen LogP contribution >= 0.6 is 0 Å². The zero-order valence-corrected chi connectivity index (χ0v) is 13.2. The average Bonchev–Trinajstić information content (AvgIpc) is 2.60. The standard InChI is InChI=1S/C16H27N3/c1-15(2,3)10-8-7-9-11-19-13-14(17-18-19)12-16(4,5)6/h13H,7,9,11-12H2,1-6H3. The van der Waals surface area contributed by atoms with E-state index in [0.29, 0.717) is 0 Å². The van der Waals surface area contributed by atoms with Crippen molar-refractivity contribution < 1.29 is 0 Å². The molecule has 19 heavy (non-hydrogen) atoms. The number of aryl methyl sites for hydroxylation is 1. The van der Waals surface area contributed by atoms with Crippen molar-refractivity contribution in [2.24, 2.45) is 10.8 Å². The van der Waals surface area contributed by atoms with Crippen molar-refractivity contribution in [3.63, 3.8) is 0 Å². The minimum atomic E-state index is 0.104. The second-order valence-electron chi connectivity index (χ2n) is 7.37. The smallest absolute Gasteiger partial charge is 0.0832 e. The minimum absolute atomic E-state index is 0.104. The van der Waals surface area contributed by atoms with Crippen LogP contribution in [0.25, 0.3) is 0 Å². The van der Waals surface area contributed by atoms with Crippen molar-refractivity contribution in [2.75, 3.05) is 0 Å². The van der Waals surface area contributed by atoms with Crippen LogP contribution in [0.3, 0.4) is 0 Å². The lowest BCUT2D eigenvalue weighted by Gasteiger charge is -2.15. The van der Waals surface area contributed by atoms with Crippen LogP contribution in [0.4, 0.5) is 0 Å². The molecule has 0 spiro atoms. The van der Waals surface area contributed by atoms with Gasteiger partial charge in [0, 0.05) is 24.6 Å². The topological polar surface area (TPSA) is 30.7 Å². The maximum Gasteiger partial charge on any atom is 0.0832 e. The molecule has 0 amide bonds. The molecule has 1 heterocycles.